The molecule has 0 unspecified atom stereocenters. The number of carbonyl (C=O) groups excluding carboxylic acids is 1. The number of thiocarbonyl (C=S) groups is 1. The molecule has 1 fully saturated rings. The first kappa shape index (κ1) is 21.9. The van der Waals surface area contributed by atoms with Gasteiger partial charge in [0.2, 0.25) is 0 Å². The monoisotopic (exact) mass is 467 g/mol. The third-order valence-corrected chi connectivity index (χ3v) is 6.43. The van der Waals surface area contributed by atoms with E-state index >= 15 is 0 Å². The molecule has 5 nitrogen and oxygen atoms in total. The molecule has 3 aromatic carbocycles. The molecule has 6 heteroatoms. The van der Waals surface area contributed by atoms with E-state index in [2.05, 4.69) is 35.0 Å². The summed E-state index contributed by atoms with van der Waals surface area (Å²) >= 11 is 5.64. The van der Waals surface area contributed by atoms with E-state index < -0.39 is 0 Å². The SMILES string of the molecule is CCOc1ccc(N2C(=O)/C(=C/c3cn(Cc4ccccc4)c4ccccc34)N(C)C2=S)cc1. The van der Waals surface area contributed by atoms with Crippen LogP contribution in [0.3, 0.4) is 0 Å². The highest BCUT2D eigenvalue weighted by molar-refractivity contribution is 7.80. The maximum absolute atomic E-state index is 13.5. The van der Waals surface area contributed by atoms with Gasteiger partial charge >= 0.3 is 0 Å². The second kappa shape index (κ2) is 9.15. The number of carbonyl (C=O) groups is 1. The first-order valence-corrected chi connectivity index (χ1v) is 11.7. The van der Waals surface area contributed by atoms with Gasteiger partial charge in [-0.25, -0.2) is 0 Å². The fourth-order valence-electron chi connectivity index (χ4n) is 4.29. The van der Waals surface area contributed by atoms with Gasteiger partial charge in [0.1, 0.15) is 11.4 Å². The molecule has 1 saturated heterocycles. The molecule has 1 aliphatic rings. The zero-order valence-electron chi connectivity index (χ0n) is 19.1. The molecule has 1 amide bonds. The Kier molecular flexibility index (Phi) is 5.90. The lowest BCUT2D eigenvalue weighted by molar-refractivity contribution is -0.114. The van der Waals surface area contributed by atoms with E-state index in [1.165, 1.54) is 5.56 Å². The van der Waals surface area contributed by atoms with Crippen molar-refractivity contribution in [1.82, 2.24) is 9.47 Å². The van der Waals surface area contributed by atoms with E-state index in [-0.39, 0.29) is 5.91 Å². The Balaban J connectivity index is 1.51. The largest absolute Gasteiger partial charge is 0.494 e. The fourth-order valence-corrected chi connectivity index (χ4v) is 4.58. The number of aromatic nitrogens is 1. The van der Waals surface area contributed by atoms with Crippen LogP contribution in [0.1, 0.15) is 18.1 Å². The lowest BCUT2D eigenvalue weighted by Gasteiger charge is -2.16. The predicted molar refractivity (Wildman–Crippen MR) is 141 cm³/mol. The quantitative estimate of drug-likeness (QED) is 0.270. The summed E-state index contributed by atoms with van der Waals surface area (Å²) in [5, 5.41) is 1.55. The standard InChI is InChI=1S/C28H25N3O2S/c1-3-33-23-15-13-22(14-16-23)31-27(32)26(29(2)28(31)34)17-21-19-30(18-20-9-5-4-6-10-20)25-12-8-7-11-24(21)25/h4-17,19H,3,18H2,1-2H3/b26-17-. The Morgan fingerprint density at radius 2 is 1.65 bits per heavy atom. The molecule has 0 atom stereocenters. The maximum atomic E-state index is 13.5. The van der Waals surface area contributed by atoms with E-state index in [9.17, 15) is 4.79 Å². The molecular formula is C28H25N3O2S. The Labute approximate surface area is 204 Å². The summed E-state index contributed by atoms with van der Waals surface area (Å²) < 4.78 is 7.75. The molecule has 0 bridgehead atoms. The summed E-state index contributed by atoms with van der Waals surface area (Å²) in [6.07, 6.45) is 4.04. The van der Waals surface area contributed by atoms with Crippen molar-refractivity contribution < 1.29 is 9.53 Å². The normalized spacial score (nSPS) is 15.1. The van der Waals surface area contributed by atoms with Crippen LogP contribution >= 0.6 is 12.2 Å². The van der Waals surface area contributed by atoms with Gasteiger partial charge in [0.15, 0.2) is 5.11 Å². The molecule has 0 aliphatic carbocycles. The van der Waals surface area contributed by atoms with Gasteiger partial charge < -0.3 is 14.2 Å². The minimum atomic E-state index is -0.142. The van der Waals surface area contributed by atoms with Crippen molar-refractivity contribution in [2.75, 3.05) is 18.6 Å². The molecule has 0 N–H and O–H groups in total. The van der Waals surface area contributed by atoms with Crippen LogP contribution in [0.5, 0.6) is 5.75 Å². The van der Waals surface area contributed by atoms with Gasteiger partial charge in [-0.1, -0.05) is 48.5 Å². The highest BCUT2D eigenvalue weighted by Crippen LogP contribution is 2.31. The van der Waals surface area contributed by atoms with Crippen molar-refractivity contribution in [2.24, 2.45) is 0 Å². The summed E-state index contributed by atoms with van der Waals surface area (Å²) in [5.74, 6) is 0.621. The van der Waals surface area contributed by atoms with Crippen molar-refractivity contribution in [3.8, 4) is 5.75 Å². The molecule has 34 heavy (non-hydrogen) atoms. The van der Waals surface area contributed by atoms with Crippen LogP contribution < -0.4 is 9.64 Å². The number of para-hydroxylation sites is 1. The van der Waals surface area contributed by atoms with Crippen LogP contribution in [-0.4, -0.2) is 34.1 Å². The summed E-state index contributed by atoms with van der Waals surface area (Å²) in [7, 11) is 1.84. The number of amides is 1. The van der Waals surface area contributed by atoms with Crippen LogP contribution in [-0.2, 0) is 11.3 Å². The molecule has 0 saturated carbocycles. The van der Waals surface area contributed by atoms with Gasteiger partial charge in [-0.05, 0) is 61.1 Å². The zero-order chi connectivity index (χ0) is 23.7. The number of benzene rings is 3. The van der Waals surface area contributed by atoms with E-state index in [0.717, 1.165) is 34.4 Å². The zero-order valence-corrected chi connectivity index (χ0v) is 20.0. The van der Waals surface area contributed by atoms with Gasteiger partial charge in [-0.2, -0.15) is 0 Å². The number of ether oxygens (including phenoxy) is 1. The highest BCUT2D eigenvalue weighted by Gasteiger charge is 2.37. The maximum Gasteiger partial charge on any atom is 0.281 e. The molecular weight excluding hydrogens is 442 g/mol. The second-order valence-corrected chi connectivity index (χ2v) is 8.52. The van der Waals surface area contributed by atoms with Gasteiger partial charge in [-0.15, -0.1) is 0 Å². The van der Waals surface area contributed by atoms with Gasteiger partial charge in [0.25, 0.3) is 5.91 Å². The molecule has 1 aliphatic heterocycles. The van der Waals surface area contributed by atoms with E-state index in [1.807, 2.05) is 74.6 Å². The predicted octanol–water partition coefficient (Wildman–Crippen LogP) is 5.69. The number of fused-ring (bicyclic) bond motifs is 1. The Hall–Kier alpha value is -3.90. The van der Waals surface area contributed by atoms with Crippen molar-refractivity contribution in [3.63, 3.8) is 0 Å². The average molecular weight is 468 g/mol. The molecule has 0 radical (unpaired) electrons. The summed E-state index contributed by atoms with van der Waals surface area (Å²) in [6.45, 7) is 3.29. The van der Waals surface area contributed by atoms with Crippen LogP contribution in [0.2, 0.25) is 0 Å². The lowest BCUT2D eigenvalue weighted by atomic mass is 10.1. The first-order chi connectivity index (χ1) is 16.6. The molecule has 4 aromatic rings. The average Bonchev–Trinajstić information content (AvgIpc) is 3.30. The Morgan fingerprint density at radius 3 is 2.38 bits per heavy atom. The first-order valence-electron chi connectivity index (χ1n) is 11.3. The Morgan fingerprint density at radius 1 is 0.941 bits per heavy atom. The summed E-state index contributed by atoms with van der Waals surface area (Å²) in [4.78, 5) is 16.8. The molecule has 2 heterocycles. The minimum Gasteiger partial charge on any atom is -0.494 e. The van der Waals surface area contributed by atoms with Gasteiger partial charge in [0, 0.05) is 36.3 Å². The highest BCUT2D eigenvalue weighted by atomic mass is 32.1. The lowest BCUT2D eigenvalue weighted by Crippen LogP contribution is -2.31. The van der Waals surface area contributed by atoms with Crippen LogP contribution in [0.4, 0.5) is 5.69 Å². The minimum absolute atomic E-state index is 0.142. The number of rotatable bonds is 6. The number of anilines is 1. The summed E-state index contributed by atoms with van der Waals surface area (Å²) in [6, 6.07) is 26.0. The number of nitrogens with zero attached hydrogens (tertiary/aromatic N) is 3. The second-order valence-electron chi connectivity index (χ2n) is 8.15. The Bertz CT molecular complexity index is 1390. The third-order valence-electron chi connectivity index (χ3n) is 5.98. The van der Waals surface area contributed by atoms with Gasteiger partial charge in [-0.3, -0.25) is 9.69 Å². The number of hydrogen-bond donors (Lipinski definition) is 0. The number of hydrogen-bond acceptors (Lipinski definition) is 3. The smallest absolute Gasteiger partial charge is 0.281 e. The van der Waals surface area contributed by atoms with Crippen LogP contribution in [0, 0.1) is 0 Å². The van der Waals surface area contributed by atoms with E-state index in [1.54, 1.807) is 9.80 Å². The third kappa shape index (κ3) is 3.97. The van der Waals surface area contributed by atoms with Crippen molar-refractivity contribution >= 4 is 45.9 Å². The topological polar surface area (TPSA) is 37.7 Å². The summed E-state index contributed by atoms with van der Waals surface area (Å²) in [5.41, 5.74) is 4.59. The van der Waals surface area contributed by atoms with Crippen LogP contribution in [0.15, 0.2) is 90.8 Å². The number of likely N-dealkylation sites (N-methyl/N-ethyl adjacent to an activating group) is 1. The van der Waals surface area contributed by atoms with E-state index in [0.29, 0.717) is 17.4 Å². The van der Waals surface area contributed by atoms with Crippen molar-refractivity contribution in [3.05, 3.63) is 102 Å². The van der Waals surface area contributed by atoms with Crippen molar-refractivity contribution in [1.29, 1.82) is 0 Å². The van der Waals surface area contributed by atoms with Crippen molar-refractivity contribution in [2.45, 2.75) is 13.5 Å². The van der Waals surface area contributed by atoms with Crippen LogP contribution in [0.25, 0.3) is 17.0 Å². The van der Waals surface area contributed by atoms with Gasteiger partial charge in [0.05, 0.1) is 12.3 Å². The fraction of sp³-hybridized carbons (Fsp3) is 0.143. The molecule has 0 spiro atoms. The molecule has 1 aromatic heterocycles. The molecule has 170 valence electrons. The molecule has 5 rings (SSSR count). The van der Waals surface area contributed by atoms with E-state index in [4.69, 9.17) is 17.0 Å².